The molecule has 0 aromatic heterocycles. The highest BCUT2D eigenvalue weighted by atomic mass is 31.2. The molecule has 10 nitrogen and oxygen atoms in total. The third kappa shape index (κ3) is 38.2. The van der Waals surface area contributed by atoms with E-state index in [9.17, 15) is 24.4 Å². The molecule has 0 aromatic carbocycles. The number of rotatable bonds is 37. The van der Waals surface area contributed by atoms with E-state index in [2.05, 4.69) is 55.7 Å². The topological polar surface area (TPSA) is 160 Å². The first-order valence-electron chi connectivity index (χ1n) is 21.0. The lowest BCUT2D eigenvalue weighted by Crippen LogP contribution is -2.30. The van der Waals surface area contributed by atoms with Crippen molar-refractivity contribution in [1.82, 2.24) is 0 Å². The zero-order chi connectivity index (χ0) is 40.1. The number of esters is 2. The maximum absolute atomic E-state index is 12.4. The molecule has 0 rings (SSSR count). The van der Waals surface area contributed by atoms with E-state index in [1.54, 1.807) is 0 Å². The van der Waals surface area contributed by atoms with Gasteiger partial charge in [0.1, 0.15) is 6.61 Å². The number of unbranched alkanes of at least 4 members (excludes halogenated alkanes) is 13. The molecule has 0 radical (unpaired) electrons. The minimum atomic E-state index is -4.84. The number of carbonyl (C=O) groups excluding carboxylic acids is 2. The first-order chi connectivity index (χ1) is 25.9. The Morgan fingerprint density at radius 3 is 1.54 bits per heavy atom. The average Bonchev–Trinajstić information content (AvgIpc) is 3.12. The van der Waals surface area contributed by atoms with Crippen molar-refractivity contribution in [3.63, 3.8) is 0 Å². The maximum Gasteiger partial charge on any atom is 0.469 e. The van der Waals surface area contributed by atoms with E-state index < -0.39 is 44.7 Å². The predicted octanol–water partition coefficient (Wildman–Crippen LogP) is 10.5. The lowest BCUT2D eigenvalue weighted by molar-refractivity contribution is -0.161. The minimum absolute atomic E-state index is 0.104. The van der Waals surface area contributed by atoms with Crippen LogP contribution in [0.3, 0.4) is 0 Å². The van der Waals surface area contributed by atoms with Gasteiger partial charge in [-0.05, 0) is 57.3 Å². The van der Waals surface area contributed by atoms with Crippen molar-refractivity contribution < 1.29 is 48.2 Å². The van der Waals surface area contributed by atoms with Gasteiger partial charge in [-0.25, -0.2) is 4.57 Å². The van der Waals surface area contributed by atoms with E-state index in [0.29, 0.717) is 6.42 Å². The zero-order valence-corrected chi connectivity index (χ0v) is 34.9. The Bertz CT molecular complexity index is 1060. The molecule has 0 aliphatic heterocycles. The molecule has 0 spiro atoms. The third-order valence-electron chi connectivity index (χ3n) is 8.99. The van der Waals surface area contributed by atoms with Crippen molar-refractivity contribution in [1.29, 1.82) is 0 Å². The summed E-state index contributed by atoms with van der Waals surface area (Å²) in [7, 11) is -4.84. The number of ether oxygens (including phenoxy) is 2. The van der Waals surface area contributed by atoms with Crippen LogP contribution in [0.2, 0.25) is 0 Å². The van der Waals surface area contributed by atoms with Crippen LogP contribution in [0.5, 0.6) is 0 Å². The standard InChI is InChI=1S/C43H77O10P/c1-4-5-6-7-8-9-10-16-19-22-25-28-32-40(44)41(45)33-30-35-43(47)53-39(37-52-54(48,49)50)36-51-42(46)34-29-26-23-20-17-14-12-11-13-15-18-21-24-27-31-38(2)3/h5-6,8-9,16,19,25,28,38-41,44-45H,4,7,10-15,17-18,20-24,26-27,29-37H2,1-3H3,(H2,48,49,50)/b6-5-,9-8-,19-16-,28-25-/t39-,40-,41-/m1/s1. The van der Waals surface area contributed by atoms with E-state index in [1.165, 1.54) is 70.6 Å². The fraction of sp³-hybridized carbons (Fsp3) is 0.767. The SMILES string of the molecule is CC/C=C\C/C=C\C/C=C\C/C=C\C[C@@H](O)[C@H](O)CCCC(=O)O[C@H](COC(=O)CCCCCCCCCCCCCCCCC(C)C)COP(=O)(O)O. The molecular weight excluding hydrogens is 707 g/mol. The van der Waals surface area contributed by atoms with Crippen LogP contribution in [0.4, 0.5) is 0 Å². The molecule has 0 heterocycles. The molecule has 0 aromatic rings. The molecule has 0 aliphatic carbocycles. The minimum Gasteiger partial charge on any atom is -0.462 e. The average molecular weight is 785 g/mol. The van der Waals surface area contributed by atoms with Crippen LogP contribution in [0.25, 0.3) is 0 Å². The van der Waals surface area contributed by atoms with Crippen LogP contribution >= 0.6 is 7.82 Å². The Labute approximate surface area is 328 Å². The zero-order valence-electron chi connectivity index (χ0n) is 34.0. The first-order valence-corrected chi connectivity index (χ1v) is 22.5. The number of hydrogen-bond acceptors (Lipinski definition) is 8. The second-order valence-corrected chi connectivity index (χ2v) is 16.0. The van der Waals surface area contributed by atoms with Gasteiger partial charge in [0, 0.05) is 12.8 Å². The molecule has 0 bridgehead atoms. The molecule has 4 N–H and O–H groups in total. The number of allylic oxidation sites excluding steroid dienone is 7. The number of aliphatic hydroxyl groups is 2. The Balaban J connectivity index is 4.15. The van der Waals surface area contributed by atoms with E-state index >= 15 is 0 Å². The highest BCUT2D eigenvalue weighted by Gasteiger charge is 2.23. The van der Waals surface area contributed by atoms with Gasteiger partial charge < -0.3 is 29.5 Å². The summed E-state index contributed by atoms with van der Waals surface area (Å²) in [5.74, 6) is -0.352. The number of phosphoric ester groups is 1. The van der Waals surface area contributed by atoms with Gasteiger partial charge >= 0.3 is 19.8 Å². The number of carbonyl (C=O) groups is 2. The summed E-state index contributed by atoms with van der Waals surface area (Å²) < 4.78 is 26.2. The Morgan fingerprint density at radius 2 is 1.04 bits per heavy atom. The summed E-state index contributed by atoms with van der Waals surface area (Å²) in [5.41, 5.74) is 0. The maximum atomic E-state index is 12.4. The summed E-state index contributed by atoms with van der Waals surface area (Å²) in [4.78, 5) is 42.9. The summed E-state index contributed by atoms with van der Waals surface area (Å²) in [6.45, 7) is 5.66. The summed E-state index contributed by atoms with van der Waals surface area (Å²) in [5, 5.41) is 20.6. The molecule has 0 saturated carbocycles. The van der Waals surface area contributed by atoms with Crippen LogP contribution in [-0.2, 0) is 28.2 Å². The molecule has 0 aliphatic rings. The lowest BCUT2D eigenvalue weighted by atomic mass is 10.0. The van der Waals surface area contributed by atoms with E-state index in [1.807, 2.05) is 18.2 Å². The molecule has 0 fully saturated rings. The second-order valence-electron chi connectivity index (χ2n) is 14.7. The van der Waals surface area contributed by atoms with Crippen LogP contribution in [-0.4, -0.2) is 63.5 Å². The van der Waals surface area contributed by atoms with Gasteiger partial charge in [0.2, 0.25) is 0 Å². The molecule has 0 unspecified atom stereocenters. The molecular formula is C43H77O10P. The highest BCUT2D eigenvalue weighted by Crippen LogP contribution is 2.36. The largest absolute Gasteiger partial charge is 0.469 e. The van der Waals surface area contributed by atoms with Crippen LogP contribution in [0, 0.1) is 5.92 Å². The van der Waals surface area contributed by atoms with E-state index in [-0.39, 0.29) is 38.7 Å². The molecule has 54 heavy (non-hydrogen) atoms. The number of phosphoric acid groups is 1. The molecule has 11 heteroatoms. The van der Waals surface area contributed by atoms with Crippen molar-refractivity contribution in [3.8, 4) is 0 Å². The van der Waals surface area contributed by atoms with Crippen LogP contribution in [0.1, 0.15) is 175 Å². The summed E-state index contributed by atoms with van der Waals surface area (Å²) in [6, 6.07) is 0. The van der Waals surface area contributed by atoms with Gasteiger partial charge in [0.05, 0.1) is 18.8 Å². The van der Waals surface area contributed by atoms with Crippen molar-refractivity contribution >= 4 is 19.8 Å². The summed E-state index contributed by atoms with van der Waals surface area (Å²) in [6.07, 6.45) is 35.8. The molecule has 0 saturated heterocycles. The molecule has 314 valence electrons. The summed E-state index contributed by atoms with van der Waals surface area (Å²) >= 11 is 0. The van der Waals surface area contributed by atoms with E-state index in [4.69, 9.17) is 19.3 Å². The lowest BCUT2D eigenvalue weighted by Gasteiger charge is -2.19. The van der Waals surface area contributed by atoms with Crippen molar-refractivity contribution in [2.75, 3.05) is 13.2 Å². The molecule has 3 atom stereocenters. The van der Waals surface area contributed by atoms with Crippen molar-refractivity contribution in [2.45, 2.75) is 193 Å². The van der Waals surface area contributed by atoms with Gasteiger partial charge in [-0.2, -0.15) is 0 Å². The number of aliphatic hydroxyl groups excluding tert-OH is 2. The van der Waals surface area contributed by atoms with Gasteiger partial charge in [0.25, 0.3) is 0 Å². The van der Waals surface area contributed by atoms with E-state index in [0.717, 1.165) is 50.9 Å². The Kier molecular flexibility index (Phi) is 35.2. The third-order valence-corrected chi connectivity index (χ3v) is 9.48. The van der Waals surface area contributed by atoms with Gasteiger partial charge in [-0.1, -0.05) is 159 Å². The van der Waals surface area contributed by atoms with Crippen LogP contribution < -0.4 is 0 Å². The second kappa shape index (κ2) is 36.6. The highest BCUT2D eigenvalue weighted by molar-refractivity contribution is 7.46. The number of hydrogen-bond donors (Lipinski definition) is 4. The van der Waals surface area contributed by atoms with Gasteiger partial charge in [-0.15, -0.1) is 0 Å². The normalized spacial score (nSPS) is 14.2. The van der Waals surface area contributed by atoms with Crippen molar-refractivity contribution in [2.24, 2.45) is 5.92 Å². The predicted molar refractivity (Wildman–Crippen MR) is 219 cm³/mol. The Morgan fingerprint density at radius 1 is 0.574 bits per heavy atom. The molecule has 0 amide bonds. The first kappa shape index (κ1) is 51.9. The Hall–Kier alpha value is -2.07. The fourth-order valence-electron chi connectivity index (χ4n) is 5.76. The quantitative estimate of drug-likeness (QED) is 0.0207. The fourth-order valence-corrected chi connectivity index (χ4v) is 6.12. The smallest absolute Gasteiger partial charge is 0.462 e. The van der Waals surface area contributed by atoms with Crippen molar-refractivity contribution in [3.05, 3.63) is 48.6 Å². The van der Waals surface area contributed by atoms with Crippen LogP contribution in [0.15, 0.2) is 48.6 Å². The van der Waals surface area contributed by atoms with Gasteiger partial charge in [-0.3, -0.25) is 14.1 Å². The van der Waals surface area contributed by atoms with Gasteiger partial charge in [0.15, 0.2) is 6.10 Å². The monoisotopic (exact) mass is 785 g/mol.